The number of nitriles is 1. The van der Waals surface area contributed by atoms with Crippen LogP contribution in [0.3, 0.4) is 0 Å². The molecule has 5 nitrogen and oxygen atoms in total. The van der Waals surface area contributed by atoms with Gasteiger partial charge in [0, 0.05) is 22.5 Å². The smallest absolute Gasteiger partial charge is 0.375 e. The molecule has 0 bridgehead atoms. The van der Waals surface area contributed by atoms with Crippen molar-refractivity contribution in [3.8, 4) is 6.07 Å². The van der Waals surface area contributed by atoms with E-state index in [4.69, 9.17) is 14.4 Å². The van der Waals surface area contributed by atoms with Gasteiger partial charge in [0.05, 0.1) is 6.54 Å². The van der Waals surface area contributed by atoms with E-state index in [0.717, 1.165) is 27.6 Å². The van der Waals surface area contributed by atoms with Gasteiger partial charge < -0.3 is 9.15 Å². The van der Waals surface area contributed by atoms with Crippen LogP contribution in [0.4, 0.5) is 0 Å². The zero-order valence-corrected chi connectivity index (χ0v) is 14.1. The molecule has 1 aromatic heterocycles. The molecule has 7 heteroatoms. The first kappa shape index (κ1) is 16.0. The minimum atomic E-state index is -0.814. The number of fused-ring (bicyclic) bond motifs is 1. The van der Waals surface area contributed by atoms with Crippen LogP contribution in [-0.2, 0) is 10.5 Å². The van der Waals surface area contributed by atoms with Gasteiger partial charge in [0.15, 0.2) is 6.10 Å². The lowest BCUT2D eigenvalue weighted by Crippen LogP contribution is -2.13. The number of para-hydroxylation sites is 1. The highest BCUT2D eigenvalue weighted by atomic mass is 32.2. The molecule has 0 aliphatic carbocycles. The summed E-state index contributed by atoms with van der Waals surface area (Å²) < 4.78 is 11.8. The average molecular weight is 346 g/mol. The number of ether oxygens (including phenoxy) is 1. The van der Waals surface area contributed by atoms with Gasteiger partial charge in [-0.2, -0.15) is 5.26 Å². The molecular weight excluding hydrogens is 332 g/mol. The van der Waals surface area contributed by atoms with Gasteiger partial charge in [0.25, 0.3) is 0 Å². The topological polar surface area (TPSA) is 75.6 Å². The lowest BCUT2D eigenvalue weighted by atomic mass is 10.1. The summed E-state index contributed by atoms with van der Waals surface area (Å²) in [7, 11) is 0. The number of carbonyl (C=O) groups is 1. The second-order valence-electron chi connectivity index (χ2n) is 4.87. The molecule has 2 heterocycles. The number of thioether (sulfide) groups is 2. The summed E-state index contributed by atoms with van der Waals surface area (Å²) in [5.74, 6) is 1.15. The van der Waals surface area contributed by atoms with Gasteiger partial charge in [0.2, 0.25) is 5.76 Å². The second-order valence-corrected chi connectivity index (χ2v) is 7.17. The van der Waals surface area contributed by atoms with Crippen LogP contribution in [0.25, 0.3) is 11.0 Å². The highest BCUT2D eigenvalue weighted by Gasteiger charge is 2.24. The Bertz CT molecular complexity index is 807. The maximum Gasteiger partial charge on any atom is 0.375 e. The third-order valence-electron chi connectivity index (χ3n) is 3.25. The van der Waals surface area contributed by atoms with Crippen molar-refractivity contribution in [3.05, 3.63) is 35.6 Å². The van der Waals surface area contributed by atoms with E-state index in [9.17, 15) is 4.79 Å². The van der Waals surface area contributed by atoms with Crippen LogP contribution in [0.1, 0.15) is 23.0 Å². The number of hydrogen-bond donors (Lipinski definition) is 0. The molecule has 1 aromatic carbocycles. The van der Waals surface area contributed by atoms with E-state index in [1.54, 1.807) is 23.5 Å². The largest absolute Gasteiger partial charge is 0.449 e. The molecular formula is C16H14N2O3S2. The zero-order chi connectivity index (χ0) is 16.2. The van der Waals surface area contributed by atoms with Crippen molar-refractivity contribution in [2.75, 3.05) is 12.3 Å². The fourth-order valence-electron chi connectivity index (χ4n) is 2.18. The number of carbonyl (C=O) groups excluding carboxylic acids is 1. The van der Waals surface area contributed by atoms with Crippen molar-refractivity contribution in [1.82, 2.24) is 0 Å². The quantitative estimate of drug-likeness (QED) is 0.783. The summed E-state index contributed by atoms with van der Waals surface area (Å²) in [5.41, 5.74) is 1.43. The molecule has 1 atom stereocenters. The number of hydrogen-bond acceptors (Lipinski definition) is 7. The first-order chi connectivity index (χ1) is 11.2. The molecule has 1 aliphatic rings. The van der Waals surface area contributed by atoms with E-state index >= 15 is 0 Å². The van der Waals surface area contributed by atoms with E-state index in [0.29, 0.717) is 11.3 Å². The van der Waals surface area contributed by atoms with Gasteiger partial charge in [-0.1, -0.05) is 41.7 Å². The fourth-order valence-corrected chi connectivity index (χ4v) is 4.22. The summed E-state index contributed by atoms with van der Waals surface area (Å²) in [6.45, 7) is 2.37. The molecule has 23 heavy (non-hydrogen) atoms. The Morgan fingerprint density at radius 3 is 3.13 bits per heavy atom. The van der Waals surface area contributed by atoms with Crippen molar-refractivity contribution < 1.29 is 13.9 Å². The monoisotopic (exact) mass is 346 g/mol. The summed E-state index contributed by atoms with van der Waals surface area (Å²) in [6, 6.07) is 9.38. The summed E-state index contributed by atoms with van der Waals surface area (Å²) >= 11 is 3.31. The highest BCUT2D eigenvalue weighted by molar-refractivity contribution is 8.38. The van der Waals surface area contributed by atoms with Crippen molar-refractivity contribution in [3.63, 3.8) is 0 Å². The van der Waals surface area contributed by atoms with Crippen LogP contribution in [0.2, 0.25) is 0 Å². The van der Waals surface area contributed by atoms with E-state index < -0.39 is 12.1 Å². The molecule has 0 saturated carbocycles. The molecule has 0 unspecified atom stereocenters. The highest BCUT2D eigenvalue weighted by Crippen LogP contribution is 2.33. The van der Waals surface area contributed by atoms with Crippen LogP contribution in [0.15, 0.2) is 33.7 Å². The zero-order valence-electron chi connectivity index (χ0n) is 12.4. The predicted octanol–water partition coefficient (Wildman–Crippen LogP) is 3.84. The molecule has 0 fully saturated rings. The molecule has 1 aliphatic heterocycles. The van der Waals surface area contributed by atoms with Crippen LogP contribution in [-0.4, -0.2) is 28.7 Å². The Hall–Kier alpha value is -1.91. The van der Waals surface area contributed by atoms with Crippen molar-refractivity contribution in [2.45, 2.75) is 18.8 Å². The predicted molar refractivity (Wildman–Crippen MR) is 92.8 cm³/mol. The minimum Gasteiger partial charge on any atom is -0.449 e. The van der Waals surface area contributed by atoms with Crippen LogP contribution >= 0.6 is 23.5 Å². The van der Waals surface area contributed by atoms with Gasteiger partial charge in [-0.25, -0.2) is 4.79 Å². The fraction of sp³-hybridized carbons (Fsp3) is 0.312. The van der Waals surface area contributed by atoms with Crippen LogP contribution in [0.5, 0.6) is 0 Å². The minimum absolute atomic E-state index is 0.171. The van der Waals surface area contributed by atoms with E-state index in [2.05, 4.69) is 4.99 Å². The van der Waals surface area contributed by atoms with Crippen LogP contribution in [0, 0.1) is 11.3 Å². The number of nitrogens with zero attached hydrogens (tertiary/aromatic N) is 2. The van der Waals surface area contributed by atoms with Gasteiger partial charge in [-0.05, 0) is 13.0 Å². The lowest BCUT2D eigenvalue weighted by molar-refractivity contribution is 0.0400. The van der Waals surface area contributed by atoms with Crippen molar-refractivity contribution in [2.24, 2.45) is 4.99 Å². The normalized spacial score (nSPS) is 15.2. The lowest BCUT2D eigenvalue weighted by Gasteiger charge is -2.06. The summed E-state index contributed by atoms with van der Waals surface area (Å²) in [6.07, 6.45) is -0.814. The van der Waals surface area contributed by atoms with Gasteiger partial charge in [-0.3, -0.25) is 4.99 Å². The molecule has 118 valence electrons. The van der Waals surface area contributed by atoms with E-state index in [1.807, 2.05) is 30.3 Å². The van der Waals surface area contributed by atoms with Crippen LogP contribution < -0.4 is 0 Å². The van der Waals surface area contributed by atoms with Gasteiger partial charge >= 0.3 is 5.97 Å². The second kappa shape index (κ2) is 7.11. The van der Waals surface area contributed by atoms with Crippen molar-refractivity contribution in [1.29, 1.82) is 5.26 Å². The third-order valence-corrected chi connectivity index (χ3v) is 5.53. The number of furan rings is 1. The maximum atomic E-state index is 12.3. The van der Waals surface area contributed by atoms with E-state index in [-0.39, 0.29) is 5.76 Å². The molecule has 3 rings (SSSR count). The summed E-state index contributed by atoms with van der Waals surface area (Å²) in [5, 5.41) is 9.70. The molecule has 0 N–H and O–H groups in total. The first-order valence-electron chi connectivity index (χ1n) is 7.10. The molecule has 2 aromatic rings. The standard InChI is InChI=1S/C16H14N2O3S2/c1-10(8-17)20-15(19)14-12(9-23-16-18-6-7-22-16)11-4-2-3-5-13(11)21-14/h2-5,10H,6-7,9H2,1H3/t10-/m1/s1. The molecule has 0 spiro atoms. The Morgan fingerprint density at radius 2 is 2.39 bits per heavy atom. The third kappa shape index (κ3) is 3.54. The van der Waals surface area contributed by atoms with E-state index in [1.165, 1.54) is 6.92 Å². The Morgan fingerprint density at radius 1 is 1.57 bits per heavy atom. The Labute approximate surface area is 142 Å². The van der Waals surface area contributed by atoms with Gasteiger partial charge in [0.1, 0.15) is 16.0 Å². The average Bonchev–Trinajstić information content (AvgIpc) is 3.20. The number of benzene rings is 1. The maximum absolute atomic E-state index is 12.3. The van der Waals surface area contributed by atoms with Gasteiger partial charge in [-0.15, -0.1) is 0 Å². The molecule has 0 radical (unpaired) electrons. The number of aliphatic imine (C=N–C) groups is 1. The van der Waals surface area contributed by atoms with Crippen molar-refractivity contribution >= 4 is 44.8 Å². The Kier molecular flexibility index (Phi) is 4.94. The molecule has 0 amide bonds. The summed E-state index contributed by atoms with van der Waals surface area (Å²) in [4.78, 5) is 16.7. The number of rotatable bonds is 4. The molecule has 0 saturated heterocycles. The first-order valence-corrected chi connectivity index (χ1v) is 9.07. The SMILES string of the molecule is C[C@H](C#N)OC(=O)c1oc2ccccc2c1CSC1=NCCS1. The Balaban J connectivity index is 1.91. The number of esters is 1.